The number of halogens is 1. The minimum Gasteiger partial charge on any atom is -0.352 e. The average Bonchev–Trinajstić information content (AvgIpc) is 2.90. The Bertz CT molecular complexity index is 1350. The maximum atomic E-state index is 13.9. The molecular weight excluding hydrogens is 613 g/mol. The van der Waals surface area contributed by atoms with Crippen LogP contribution in [-0.2, 0) is 26.2 Å². The van der Waals surface area contributed by atoms with Gasteiger partial charge in [-0.15, -0.1) is 0 Å². The van der Waals surface area contributed by atoms with Gasteiger partial charge in [0.2, 0.25) is 11.8 Å². The van der Waals surface area contributed by atoms with E-state index in [1.165, 1.54) is 17.0 Å². The molecule has 0 saturated carbocycles. The van der Waals surface area contributed by atoms with Gasteiger partial charge in [0.05, 0.1) is 10.6 Å². The third kappa shape index (κ3) is 7.57. The maximum Gasteiger partial charge on any atom is 0.264 e. The quantitative estimate of drug-likeness (QED) is 0.293. The molecule has 38 heavy (non-hydrogen) atoms. The van der Waals surface area contributed by atoms with E-state index in [0.29, 0.717) is 5.69 Å². The van der Waals surface area contributed by atoms with Gasteiger partial charge in [-0.2, -0.15) is 0 Å². The molecule has 0 radical (unpaired) electrons. The Labute approximate surface area is 239 Å². The van der Waals surface area contributed by atoms with Crippen LogP contribution in [0.5, 0.6) is 0 Å². The van der Waals surface area contributed by atoms with Gasteiger partial charge in [0.15, 0.2) is 0 Å². The first-order chi connectivity index (χ1) is 18.0. The van der Waals surface area contributed by atoms with Crippen molar-refractivity contribution in [3.8, 4) is 0 Å². The average molecular weight is 648 g/mol. The molecule has 7 nitrogen and oxygen atoms in total. The van der Waals surface area contributed by atoms with Crippen LogP contribution < -0.4 is 9.62 Å². The van der Waals surface area contributed by atoms with Crippen molar-refractivity contribution in [3.05, 3.63) is 93.6 Å². The van der Waals surface area contributed by atoms with Crippen LogP contribution in [0.2, 0.25) is 0 Å². The Kier molecular flexibility index (Phi) is 10.3. The maximum absolute atomic E-state index is 13.9. The fraction of sp³-hybridized carbons (Fsp3) is 0.310. The van der Waals surface area contributed by atoms with Crippen LogP contribution in [0.1, 0.15) is 38.3 Å². The van der Waals surface area contributed by atoms with E-state index in [0.717, 1.165) is 25.4 Å². The molecule has 3 aromatic carbocycles. The lowest BCUT2D eigenvalue weighted by atomic mass is 10.1. The zero-order valence-corrected chi connectivity index (χ0v) is 25.1. The molecule has 2 atom stereocenters. The van der Waals surface area contributed by atoms with E-state index in [1.54, 1.807) is 49.4 Å². The van der Waals surface area contributed by atoms with Crippen LogP contribution in [-0.4, -0.2) is 43.8 Å². The zero-order valence-electron chi connectivity index (χ0n) is 22.1. The molecule has 1 N–H and O–H groups in total. The third-order valence-electron chi connectivity index (χ3n) is 6.33. The summed E-state index contributed by atoms with van der Waals surface area (Å²) in [5, 5.41) is 2.94. The summed E-state index contributed by atoms with van der Waals surface area (Å²) in [6, 6.07) is 21.8. The van der Waals surface area contributed by atoms with Crippen LogP contribution >= 0.6 is 22.6 Å². The second-order valence-corrected chi connectivity index (χ2v) is 12.4. The van der Waals surface area contributed by atoms with E-state index in [4.69, 9.17) is 0 Å². The Hall–Kier alpha value is -2.92. The highest BCUT2D eigenvalue weighted by Crippen LogP contribution is 2.25. The summed E-state index contributed by atoms with van der Waals surface area (Å²) in [6.45, 7) is 7.22. The molecule has 0 aromatic heterocycles. The van der Waals surface area contributed by atoms with Crippen molar-refractivity contribution in [3.63, 3.8) is 0 Å². The monoisotopic (exact) mass is 647 g/mol. The van der Waals surface area contributed by atoms with Gasteiger partial charge in [-0.05, 0) is 91.7 Å². The summed E-state index contributed by atoms with van der Waals surface area (Å²) in [7, 11) is -4.06. The third-order valence-corrected chi connectivity index (χ3v) is 8.84. The second kappa shape index (κ2) is 13.2. The molecule has 2 amide bonds. The first kappa shape index (κ1) is 29.6. The molecule has 0 aliphatic carbocycles. The van der Waals surface area contributed by atoms with Crippen molar-refractivity contribution in [1.82, 2.24) is 10.2 Å². The first-order valence-corrected chi connectivity index (χ1v) is 15.0. The van der Waals surface area contributed by atoms with Gasteiger partial charge < -0.3 is 10.2 Å². The minimum atomic E-state index is -4.06. The SMILES string of the molecule is CC[C@H](C)NC(=O)[C@@H](C)N(Cc1cccc(C)c1)C(=O)CN(c1ccc(I)cc1)S(=O)(=O)c1ccccc1. The molecule has 3 aromatic rings. The van der Waals surface area contributed by atoms with Crippen molar-refractivity contribution in [2.45, 2.75) is 57.6 Å². The van der Waals surface area contributed by atoms with Crippen molar-refractivity contribution < 1.29 is 18.0 Å². The van der Waals surface area contributed by atoms with E-state index in [2.05, 4.69) is 27.9 Å². The number of hydrogen-bond acceptors (Lipinski definition) is 4. The Balaban J connectivity index is 2.01. The first-order valence-electron chi connectivity index (χ1n) is 12.5. The van der Waals surface area contributed by atoms with Gasteiger partial charge in [-0.25, -0.2) is 8.42 Å². The molecule has 0 saturated heterocycles. The van der Waals surface area contributed by atoms with Gasteiger partial charge in [-0.3, -0.25) is 13.9 Å². The van der Waals surface area contributed by atoms with Crippen LogP contribution in [0.4, 0.5) is 5.69 Å². The Morgan fingerprint density at radius 2 is 1.61 bits per heavy atom. The highest BCUT2D eigenvalue weighted by molar-refractivity contribution is 14.1. The molecule has 0 bridgehead atoms. The highest BCUT2D eigenvalue weighted by Gasteiger charge is 2.32. The van der Waals surface area contributed by atoms with Gasteiger partial charge in [0, 0.05) is 16.2 Å². The number of aryl methyl sites for hydroxylation is 1. The number of nitrogens with one attached hydrogen (secondary N) is 1. The van der Waals surface area contributed by atoms with E-state index < -0.39 is 28.5 Å². The molecule has 0 heterocycles. The number of rotatable bonds is 11. The number of nitrogens with zero attached hydrogens (tertiary/aromatic N) is 2. The zero-order chi connectivity index (χ0) is 27.9. The van der Waals surface area contributed by atoms with Crippen LogP contribution in [0, 0.1) is 10.5 Å². The molecule has 0 unspecified atom stereocenters. The molecule has 0 aliphatic heterocycles. The van der Waals surface area contributed by atoms with Gasteiger partial charge in [0.25, 0.3) is 10.0 Å². The van der Waals surface area contributed by atoms with Crippen molar-refractivity contribution in [2.75, 3.05) is 10.8 Å². The Morgan fingerprint density at radius 1 is 0.947 bits per heavy atom. The number of hydrogen-bond donors (Lipinski definition) is 1. The van der Waals surface area contributed by atoms with E-state index in [-0.39, 0.29) is 23.4 Å². The minimum absolute atomic E-state index is 0.0531. The van der Waals surface area contributed by atoms with Crippen LogP contribution in [0.25, 0.3) is 0 Å². The van der Waals surface area contributed by atoms with Crippen molar-refractivity contribution >= 4 is 50.1 Å². The highest BCUT2D eigenvalue weighted by atomic mass is 127. The van der Waals surface area contributed by atoms with Crippen LogP contribution in [0.15, 0.2) is 83.8 Å². The van der Waals surface area contributed by atoms with Gasteiger partial charge in [0.1, 0.15) is 12.6 Å². The van der Waals surface area contributed by atoms with E-state index in [1.807, 2.05) is 45.0 Å². The summed E-state index contributed by atoms with van der Waals surface area (Å²) < 4.78 is 29.5. The number of carbonyl (C=O) groups is 2. The second-order valence-electron chi connectivity index (χ2n) is 9.31. The molecular formula is C29H34IN3O4S. The van der Waals surface area contributed by atoms with E-state index >= 15 is 0 Å². The number of sulfonamides is 1. The lowest BCUT2D eigenvalue weighted by molar-refractivity contribution is -0.139. The largest absolute Gasteiger partial charge is 0.352 e. The molecule has 0 aliphatic rings. The fourth-order valence-electron chi connectivity index (χ4n) is 3.91. The number of anilines is 1. The molecule has 9 heteroatoms. The van der Waals surface area contributed by atoms with E-state index in [9.17, 15) is 18.0 Å². The fourth-order valence-corrected chi connectivity index (χ4v) is 5.71. The topological polar surface area (TPSA) is 86.8 Å². The smallest absolute Gasteiger partial charge is 0.264 e. The van der Waals surface area contributed by atoms with Gasteiger partial charge in [-0.1, -0.05) is 55.0 Å². The number of benzene rings is 3. The lowest BCUT2D eigenvalue weighted by Gasteiger charge is -2.32. The number of carbonyl (C=O) groups excluding carboxylic acids is 2. The van der Waals surface area contributed by atoms with Crippen molar-refractivity contribution in [1.29, 1.82) is 0 Å². The summed E-state index contributed by atoms with van der Waals surface area (Å²) >= 11 is 2.14. The normalized spacial score (nSPS) is 12.9. The van der Waals surface area contributed by atoms with Gasteiger partial charge >= 0.3 is 0 Å². The predicted octanol–water partition coefficient (Wildman–Crippen LogP) is 5.13. The molecule has 0 fully saturated rings. The lowest BCUT2D eigenvalue weighted by Crippen LogP contribution is -2.52. The predicted molar refractivity (Wildman–Crippen MR) is 159 cm³/mol. The summed E-state index contributed by atoms with van der Waals surface area (Å²) in [5.41, 5.74) is 2.25. The summed E-state index contributed by atoms with van der Waals surface area (Å²) in [6.07, 6.45) is 0.750. The molecule has 202 valence electrons. The van der Waals surface area contributed by atoms with Crippen molar-refractivity contribution in [2.24, 2.45) is 0 Å². The van der Waals surface area contributed by atoms with Crippen LogP contribution in [0.3, 0.4) is 0 Å². The summed E-state index contributed by atoms with van der Waals surface area (Å²) in [4.78, 5) is 28.5. The molecule has 0 spiro atoms. The number of amides is 2. The Morgan fingerprint density at radius 3 is 2.21 bits per heavy atom. The standard InChI is InChI=1S/C29H34IN3O4S/c1-5-22(3)31-29(35)23(4)32(19-24-11-9-10-21(2)18-24)28(34)20-33(26-16-14-25(30)15-17-26)38(36,37)27-12-7-6-8-13-27/h6-18,22-23H,5,19-20H2,1-4H3,(H,31,35)/t22-,23+/m0/s1. The summed E-state index contributed by atoms with van der Waals surface area (Å²) in [5.74, 6) is -0.761. The molecule has 3 rings (SSSR count).